The molecule has 132 valence electrons. The van der Waals surface area contributed by atoms with Crippen molar-refractivity contribution in [2.75, 3.05) is 44.2 Å². The van der Waals surface area contributed by atoms with E-state index in [1.807, 2.05) is 40.1 Å². The number of nitrogens with zero attached hydrogens (tertiary/aromatic N) is 3. The molecule has 2 aliphatic rings. The molecule has 1 aromatic carbocycles. The van der Waals surface area contributed by atoms with E-state index in [0.717, 1.165) is 31.7 Å². The molecule has 2 saturated heterocycles. The molecule has 2 N–H and O–H groups in total. The largest absolute Gasteiger partial charge is 0.340 e. The predicted octanol–water partition coefficient (Wildman–Crippen LogP) is 0.707. The lowest BCUT2D eigenvalue weighted by molar-refractivity contribution is -0.133. The molecule has 0 radical (unpaired) electrons. The van der Waals surface area contributed by atoms with Gasteiger partial charge in [0.15, 0.2) is 0 Å². The monoisotopic (exact) mass is 352 g/mol. The first kappa shape index (κ1) is 18.7. The van der Waals surface area contributed by atoms with Gasteiger partial charge in [0.25, 0.3) is 0 Å². The number of benzene rings is 1. The molecule has 2 aliphatic heterocycles. The van der Waals surface area contributed by atoms with E-state index < -0.39 is 0 Å². The highest BCUT2D eigenvalue weighted by Gasteiger charge is 2.38. The zero-order chi connectivity index (χ0) is 16.2. The van der Waals surface area contributed by atoms with Crippen molar-refractivity contribution in [1.82, 2.24) is 9.80 Å². The van der Waals surface area contributed by atoms with Crippen LogP contribution >= 0.6 is 12.4 Å². The third-order valence-corrected chi connectivity index (χ3v) is 4.71. The van der Waals surface area contributed by atoms with Gasteiger partial charge in [-0.1, -0.05) is 18.2 Å². The summed E-state index contributed by atoms with van der Waals surface area (Å²) in [5.41, 5.74) is 6.41. The Kier molecular flexibility index (Phi) is 6.60. The highest BCUT2D eigenvalue weighted by atomic mass is 35.5. The van der Waals surface area contributed by atoms with E-state index in [1.54, 1.807) is 0 Å². The summed E-state index contributed by atoms with van der Waals surface area (Å²) in [6.07, 6.45) is 1.26. The van der Waals surface area contributed by atoms with Crippen molar-refractivity contribution >= 4 is 29.9 Å². The van der Waals surface area contributed by atoms with Crippen molar-refractivity contribution in [2.45, 2.75) is 18.9 Å². The minimum Gasteiger partial charge on any atom is -0.340 e. The van der Waals surface area contributed by atoms with Gasteiger partial charge in [0.1, 0.15) is 0 Å². The maximum absolute atomic E-state index is 12.7. The first-order valence-corrected chi connectivity index (χ1v) is 8.29. The van der Waals surface area contributed by atoms with Crippen molar-refractivity contribution in [1.29, 1.82) is 0 Å². The van der Waals surface area contributed by atoms with Gasteiger partial charge in [0, 0.05) is 51.4 Å². The standard InChI is InChI=1S/C17H24N4O2.ClH/c18-8-6-16(22)20-12-10-19(11-13-20)15-7-9-21(17(15)23)14-4-2-1-3-5-14;/h1-5,15H,6-13,18H2;1H. The van der Waals surface area contributed by atoms with Gasteiger partial charge in [-0.15, -0.1) is 12.4 Å². The van der Waals surface area contributed by atoms with Gasteiger partial charge in [-0.25, -0.2) is 0 Å². The van der Waals surface area contributed by atoms with E-state index in [1.165, 1.54) is 0 Å². The van der Waals surface area contributed by atoms with E-state index >= 15 is 0 Å². The fourth-order valence-corrected chi connectivity index (χ4v) is 3.43. The second kappa shape index (κ2) is 8.46. The number of para-hydroxylation sites is 1. The van der Waals surface area contributed by atoms with Gasteiger partial charge in [-0.3, -0.25) is 14.5 Å². The van der Waals surface area contributed by atoms with Crippen LogP contribution in [0, 0.1) is 0 Å². The summed E-state index contributed by atoms with van der Waals surface area (Å²) in [6, 6.07) is 9.77. The van der Waals surface area contributed by atoms with Crippen LogP contribution in [0.5, 0.6) is 0 Å². The topological polar surface area (TPSA) is 69.9 Å². The molecule has 1 atom stereocenters. The summed E-state index contributed by atoms with van der Waals surface area (Å²) in [5, 5.41) is 0. The maximum Gasteiger partial charge on any atom is 0.244 e. The van der Waals surface area contributed by atoms with E-state index in [2.05, 4.69) is 4.90 Å². The van der Waals surface area contributed by atoms with Gasteiger partial charge in [-0.05, 0) is 18.6 Å². The predicted molar refractivity (Wildman–Crippen MR) is 96.3 cm³/mol. The lowest BCUT2D eigenvalue weighted by atomic mass is 10.1. The van der Waals surface area contributed by atoms with Gasteiger partial charge in [-0.2, -0.15) is 0 Å². The Bertz CT molecular complexity index is 561. The average Bonchev–Trinajstić information content (AvgIpc) is 2.97. The summed E-state index contributed by atoms with van der Waals surface area (Å²) < 4.78 is 0. The van der Waals surface area contributed by atoms with Crippen molar-refractivity contribution in [3.05, 3.63) is 30.3 Å². The molecule has 0 spiro atoms. The molecular formula is C17H25ClN4O2. The number of amides is 2. The molecule has 2 amide bonds. The van der Waals surface area contributed by atoms with Crippen LogP contribution in [0.3, 0.4) is 0 Å². The number of carbonyl (C=O) groups is 2. The van der Waals surface area contributed by atoms with Gasteiger partial charge >= 0.3 is 0 Å². The van der Waals surface area contributed by atoms with Crippen LogP contribution in [0.1, 0.15) is 12.8 Å². The van der Waals surface area contributed by atoms with Gasteiger partial charge in [0.2, 0.25) is 11.8 Å². The van der Waals surface area contributed by atoms with Crippen LogP contribution in [0.25, 0.3) is 0 Å². The summed E-state index contributed by atoms with van der Waals surface area (Å²) in [7, 11) is 0. The van der Waals surface area contributed by atoms with E-state index in [-0.39, 0.29) is 30.3 Å². The fraction of sp³-hybridized carbons (Fsp3) is 0.529. The zero-order valence-electron chi connectivity index (χ0n) is 13.8. The van der Waals surface area contributed by atoms with Crippen molar-refractivity contribution < 1.29 is 9.59 Å². The second-order valence-electron chi connectivity index (χ2n) is 6.09. The average molecular weight is 353 g/mol. The number of carbonyl (C=O) groups excluding carboxylic acids is 2. The molecule has 0 bridgehead atoms. The Balaban J connectivity index is 0.00000208. The minimum atomic E-state index is -0.0537. The Morgan fingerprint density at radius 3 is 2.38 bits per heavy atom. The quantitative estimate of drug-likeness (QED) is 0.866. The molecule has 3 rings (SSSR count). The third kappa shape index (κ3) is 3.88. The molecular weight excluding hydrogens is 328 g/mol. The Morgan fingerprint density at radius 1 is 1.08 bits per heavy atom. The van der Waals surface area contributed by atoms with Crippen molar-refractivity contribution in [2.24, 2.45) is 5.73 Å². The molecule has 1 unspecified atom stereocenters. The number of anilines is 1. The number of hydrogen-bond donors (Lipinski definition) is 1. The lowest BCUT2D eigenvalue weighted by Crippen LogP contribution is -2.54. The molecule has 0 aromatic heterocycles. The molecule has 1 aromatic rings. The number of piperazine rings is 1. The smallest absolute Gasteiger partial charge is 0.244 e. The normalized spacial score (nSPS) is 21.7. The molecule has 0 saturated carbocycles. The SMILES string of the molecule is Cl.NCCC(=O)N1CCN(C2CCN(c3ccccc3)C2=O)CC1. The molecule has 24 heavy (non-hydrogen) atoms. The van der Waals surface area contributed by atoms with Crippen LogP contribution in [0.2, 0.25) is 0 Å². The van der Waals surface area contributed by atoms with Crippen LogP contribution in [0.15, 0.2) is 30.3 Å². The van der Waals surface area contributed by atoms with Crippen LogP contribution in [-0.2, 0) is 9.59 Å². The van der Waals surface area contributed by atoms with Gasteiger partial charge < -0.3 is 15.5 Å². The number of rotatable bonds is 4. The molecule has 0 aliphatic carbocycles. The fourth-order valence-electron chi connectivity index (χ4n) is 3.43. The highest BCUT2D eigenvalue weighted by molar-refractivity contribution is 5.99. The molecule has 2 heterocycles. The van der Waals surface area contributed by atoms with Crippen molar-refractivity contribution in [3.63, 3.8) is 0 Å². The summed E-state index contributed by atoms with van der Waals surface area (Å²) in [6.45, 7) is 4.05. The Labute approximate surface area is 149 Å². The van der Waals surface area contributed by atoms with Crippen LogP contribution < -0.4 is 10.6 Å². The van der Waals surface area contributed by atoms with Crippen LogP contribution in [0.4, 0.5) is 5.69 Å². The lowest BCUT2D eigenvalue weighted by Gasteiger charge is -2.37. The van der Waals surface area contributed by atoms with E-state index in [9.17, 15) is 9.59 Å². The summed E-state index contributed by atoms with van der Waals surface area (Å²) >= 11 is 0. The molecule has 2 fully saturated rings. The van der Waals surface area contributed by atoms with E-state index in [0.29, 0.717) is 26.1 Å². The van der Waals surface area contributed by atoms with Crippen molar-refractivity contribution in [3.8, 4) is 0 Å². The van der Waals surface area contributed by atoms with Gasteiger partial charge in [0.05, 0.1) is 6.04 Å². The molecule has 7 heteroatoms. The summed E-state index contributed by atoms with van der Waals surface area (Å²) in [5.74, 6) is 0.300. The van der Waals surface area contributed by atoms with Crippen LogP contribution in [-0.4, -0.2) is 66.9 Å². The maximum atomic E-state index is 12.7. The number of nitrogens with two attached hydrogens (primary N) is 1. The first-order chi connectivity index (χ1) is 11.2. The Morgan fingerprint density at radius 2 is 1.75 bits per heavy atom. The number of halogens is 1. The number of hydrogen-bond acceptors (Lipinski definition) is 4. The summed E-state index contributed by atoms with van der Waals surface area (Å²) in [4.78, 5) is 30.5. The Hall–Kier alpha value is -1.63. The highest BCUT2D eigenvalue weighted by Crippen LogP contribution is 2.24. The first-order valence-electron chi connectivity index (χ1n) is 8.29. The third-order valence-electron chi connectivity index (χ3n) is 4.71. The minimum absolute atomic E-state index is 0. The van der Waals surface area contributed by atoms with E-state index in [4.69, 9.17) is 5.73 Å². The second-order valence-corrected chi connectivity index (χ2v) is 6.09. The molecule has 6 nitrogen and oxygen atoms in total. The zero-order valence-corrected chi connectivity index (χ0v) is 14.6.